The SMILES string of the molecule is CCc1cc(CNCC(C)C)c(O)c2c1C[C@H]1C[C@H]3[C@H](N(C)C)C(O)=C(C(N)=O)C(=N)[C@@]3(O)C(=O)C1=C2O. The number of primary amides is 1. The third-order valence-electron chi connectivity index (χ3n) is 8.20. The number of aliphatic hydroxyl groups is 3. The molecule has 38 heavy (non-hydrogen) atoms. The number of hydrogen-bond donors (Lipinski definition) is 7. The van der Waals surface area contributed by atoms with Gasteiger partial charge in [0.25, 0.3) is 5.91 Å². The average molecular weight is 527 g/mol. The Kier molecular flexibility index (Phi) is 7.20. The van der Waals surface area contributed by atoms with Gasteiger partial charge in [-0.2, -0.15) is 0 Å². The molecule has 1 aromatic rings. The molecular formula is C28H38N4O6. The number of hydrogen-bond acceptors (Lipinski definition) is 9. The van der Waals surface area contributed by atoms with Gasteiger partial charge in [0.2, 0.25) is 5.78 Å². The van der Waals surface area contributed by atoms with E-state index in [0.29, 0.717) is 30.9 Å². The Morgan fingerprint density at radius 2 is 1.92 bits per heavy atom. The van der Waals surface area contributed by atoms with Crippen molar-refractivity contribution in [1.29, 1.82) is 5.41 Å². The number of carbonyl (C=O) groups is 2. The monoisotopic (exact) mass is 526 g/mol. The summed E-state index contributed by atoms with van der Waals surface area (Å²) in [4.78, 5) is 27.8. The summed E-state index contributed by atoms with van der Waals surface area (Å²) in [5, 5.41) is 57.3. The lowest BCUT2D eigenvalue weighted by Gasteiger charge is -2.51. The summed E-state index contributed by atoms with van der Waals surface area (Å²) in [5.74, 6) is -4.11. The van der Waals surface area contributed by atoms with E-state index in [0.717, 1.165) is 17.7 Å². The number of carbonyl (C=O) groups excluding carboxylic acids is 2. The molecule has 0 spiro atoms. The van der Waals surface area contributed by atoms with Crippen LogP contribution >= 0.6 is 0 Å². The van der Waals surface area contributed by atoms with E-state index in [1.807, 2.05) is 13.0 Å². The lowest BCUT2D eigenvalue weighted by molar-refractivity contribution is -0.138. The molecule has 206 valence electrons. The fraction of sp³-hybridized carbons (Fsp3) is 0.536. The van der Waals surface area contributed by atoms with E-state index in [9.17, 15) is 30.0 Å². The molecule has 0 bridgehead atoms. The number of aromatic hydroxyl groups is 1. The van der Waals surface area contributed by atoms with E-state index in [2.05, 4.69) is 19.2 Å². The molecule has 0 radical (unpaired) electrons. The van der Waals surface area contributed by atoms with Gasteiger partial charge in [0.05, 0.1) is 17.3 Å². The first-order valence-electron chi connectivity index (χ1n) is 13.0. The van der Waals surface area contributed by atoms with Gasteiger partial charge in [0, 0.05) is 23.6 Å². The second-order valence-electron chi connectivity index (χ2n) is 11.3. The van der Waals surface area contributed by atoms with Crippen molar-refractivity contribution in [3.8, 4) is 5.75 Å². The first kappa shape index (κ1) is 27.8. The highest BCUT2D eigenvalue weighted by Gasteiger charge is 2.63. The third kappa shape index (κ3) is 4.02. The summed E-state index contributed by atoms with van der Waals surface area (Å²) in [7, 11) is 3.28. The summed E-state index contributed by atoms with van der Waals surface area (Å²) in [6, 6.07) is 0.979. The van der Waals surface area contributed by atoms with Gasteiger partial charge in [-0.05, 0) is 62.9 Å². The van der Waals surface area contributed by atoms with E-state index < -0.39 is 58.0 Å². The maximum atomic E-state index is 14.0. The molecule has 1 fully saturated rings. The Hall–Kier alpha value is -3.21. The van der Waals surface area contributed by atoms with Crippen LogP contribution in [0.3, 0.4) is 0 Å². The van der Waals surface area contributed by atoms with Gasteiger partial charge >= 0.3 is 0 Å². The molecule has 3 aliphatic rings. The van der Waals surface area contributed by atoms with Crippen LogP contribution in [0.2, 0.25) is 0 Å². The molecule has 10 heteroatoms. The molecule has 0 heterocycles. The average Bonchev–Trinajstić information content (AvgIpc) is 2.82. The van der Waals surface area contributed by atoms with E-state index in [4.69, 9.17) is 11.1 Å². The van der Waals surface area contributed by atoms with Gasteiger partial charge < -0.3 is 36.9 Å². The van der Waals surface area contributed by atoms with Crippen LogP contribution in [-0.4, -0.2) is 75.0 Å². The van der Waals surface area contributed by atoms with Crippen molar-refractivity contribution in [3.05, 3.63) is 45.2 Å². The van der Waals surface area contributed by atoms with Crippen molar-refractivity contribution in [2.75, 3.05) is 20.6 Å². The number of phenols is 1. The number of nitrogens with one attached hydrogen (secondary N) is 2. The van der Waals surface area contributed by atoms with E-state index in [1.54, 1.807) is 19.0 Å². The molecular weight excluding hydrogens is 488 g/mol. The zero-order valence-electron chi connectivity index (χ0n) is 22.6. The molecule has 0 aromatic heterocycles. The largest absolute Gasteiger partial charge is 0.510 e. The highest BCUT2D eigenvalue weighted by atomic mass is 16.3. The Balaban J connectivity index is 1.89. The first-order valence-corrected chi connectivity index (χ1v) is 13.0. The van der Waals surface area contributed by atoms with Crippen molar-refractivity contribution >= 4 is 23.2 Å². The maximum Gasteiger partial charge on any atom is 0.254 e. The van der Waals surface area contributed by atoms with Crippen LogP contribution in [0.25, 0.3) is 5.76 Å². The molecule has 1 amide bonds. The van der Waals surface area contributed by atoms with E-state index >= 15 is 0 Å². The second kappa shape index (κ2) is 9.83. The summed E-state index contributed by atoms with van der Waals surface area (Å²) in [6.45, 7) is 7.23. The Bertz CT molecular complexity index is 1280. The number of rotatable bonds is 7. The minimum atomic E-state index is -2.48. The standard InChI is InChI=1S/C28H38N4O6/c1-6-13-7-15(11-31-10-12(2)3)22(33)19-16(13)8-14-9-17-21(32(4)5)24(35)20(27(30)37)25(29)28(17,38)26(36)18(14)23(19)34/h7,12,14,17,21,29,31,33-35,38H,6,8-11H2,1-5H3,(H2,30,37)/t14-,17-,21-,28+/m0/s1. The number of aliphatic hydroxyl groups excluding tert-OH is 2. The number of aryl methyl sites for hydroxylation is 1. The van der Waals surface area contributed by atoms with Crippen LogP contribution in [0, 0.1) is 23.2 Å². The number of phenolic OH excluding ortho intramolecular Hbond substituents is 1. The molecule has 1 aromatic carbocycles. The molecule has 8 N–H and O–H groups in total. The minimum Gasteiger partial charge on any atom is -0.510 e. The molecule has 4 rings (SSSR count). The minimum absolute atomic E-state index is 0.0756. The molecule has 1 saturated carbocycles. The summed E-state index contributed by atoms with van der Waals surface area (Å²) < 4.78 is 0. The summed E-state index contributed by atoms with van der Waals surface area (Å²) >= 11 is 0. The van der Waals surface area contributed by atoms with Crippen molar-refractivity contribution in [3.63, 3.8) is 0 Å². The van der Waals surface area contributed by atoms with Crippen molar-refractivity contribution in [2.45, 2.75) is 58.2 Å². The maximum absolute atomic E-state index is 14.0. The Morgan fingerprint density at radius 1 is 1.26 bits per heavy atom. The highest BCUT2D eigenvalue weighted by Crippen LogP contribution is 2.52. The predicted molar refractivity (Wildman–Crippen MR) is 143 cm³/mol. The highest BCUT2D eigenvalue weighted by molar-refractivity contribution is 6.33. The van der Waals surface area contributed by atoms with Gasteiger partial charge in [-0.1, -0.05) is 26.8 Å². The topological polar surface area (TPSA) is 180 Å². The van der Waals surface area contributed by atoms with Crippen molar-refractivity contribution < 1.29 is 30.0 Å². The van der Waals surface area contributed by atoms with Crippen LogP contribution in [0.5, 0.6) is 5.75 Å². The van der Waals surface area contributed by atoms with Crippen LogP contribution in [-0.2, 0) is 29.0 Å². The van der Waals surface area contributed by atoms with Gasteiger partial charge in [-0.15, -0.1) is 0 Å². The third-order valence-corrected chi connectivity index (χ3v) is 8.20. The van der Waals surface area contributed by atoms with Crippen molar-refractivity contribution in [1.82, 2.24) is 10.2 Å². The van der Waals surface area contributed by atoms with Crippen LogP contribution in [0.1, 0.15) is 49.4 Å². The molecule has 0 unspecified atom stereocenters. The number of Topliss-reactive ketones (excluding diaryl/α,β-unsaturated/α-hetero) is 1. The summed E-state index contributed by atoms with van der Waals surface area (Å²) in [5.41, 5.74) is 3.97. The van der Waals surface area contributed by atoms with Crippen molar-refractivity contribution in [2.24, 2.45) is 23.5 Å². The van der Waals surface area contributed by atoms with Gasteiger partial charge in [0.1, 0.15) is 22.8 Å². The lowest BCUT2D eigenvalue weighted by Crippen LogP contribution is -2.67. The number of likely N-dealkylation sites (N-methyl/N-ethyl adjacent to an activating group) is 1. The second-order valence-corrected chi connectivity index (χ2v) is 11.3. The number of amides is 1. The fourth-order valence-electron chi connectivity index (χ4n) is 6.45. The van der Waals surface area contributed by atoms with Crippen LogP contribution in [0.4, 0.5) is 0 Å². The van der Waals surface area contributed by atoms with Crippen LogP contribution < -0.4 is 11.1 Å². The summed E-state index contributed by atoms with van der Waals surface area (Å²) in [6.07, 6.45) is 1.14. The van der Waals surface area contributed by atoms with E-state index in [-0.39, 0.29) is 23.3 Å². The molecule has 4 atom stereocenters. The molecule has 0 saturated heterocycles. The fourth-order valence-corrected chi connectivity index (χ4v) is 6.45. The van der Waals surface area contributed by atoms with Gasteiger partial charge in [0.15, 0.2) is 5.60 Å². The zero-order valence-corrected chi connectivity index (χ0v) is 22.6. The number of nitrogens with two attached hydrogens (primary N) is 1. The zero-order chi connectivity index (χ0) is 28.3. The quantitative estimate of drug-likeness (QED) is 0.280. The van der Waals surface area contributed by atoms with E-state index in [1.165, 1.54) is 0 Å². The smallest absolute Gasteiger partial charge is 0.254 e. The lowest BCUT2D eigenvalue weighted by atomic mass is 9.56. The van der Waals surface area contributed by atoms with Gasteiger partial charge in [-0.3, -0.25) is 14.5 Å². The normalized spacial score (nSPS) is 27.1. The number of benzene rings is 1. The molecule has 0 aliphatic heterocycles. The number of fused-ring (bicyclic) bond motifs is 3. The number of ketones is 1. The van der Waals surface area contributed by atoms with Gasteiger partial charge in [-0.25, -0.2) is 0 Å². The molecule has 10 nitrogen and oxygen atoms in total. The first-order chi connectivity index (χ1) is 17.8. The number of nitrogens with zero attached hydrogens (tertiary/aromatic N) is 1. The Morgan fingerprint density at radius 3 is 2.47 bits per heavy atom. The Labute approximate surface area is 222 Å². The van der Waals surface area contributed by atoms with Crippen LogP contribution in [0.15, 0.2) is 23.0 Å². The predicted octanol–water partition coefficient (Wildman–Crippen LogP) is 1.72. The molecule has 3 aliphatic carbocycles.